The molecule has 3 rings (SSSR count). The maximum Gasteiger partial charge on any atom is 0.231 e. The zero-order valence-corrected chi connectivity index (χ0v) is 13.7. The van der Waals surface area contributed by atoms with E-state index < -0.39 is 5.54 Å². The molecule has 1 heterocycles. The van der Waals surface area contributed by atoms with Crippen LogP contribution in [0, 0.1) is 0 Å². The Morgan fingerprint density at radius 3 is 2.50 bits per heavy atom. The van der Waals surface area contributed by atoms with Crippen LogP contribution in [0.1, 0.15) is 29.3 Å². The van der Waals surface area contributed by atoms with E-state index in [4.69, 9.17) is 5.73 Å². The average molecular weight is 321 g/mol. The molecule has 0 saturated heterocycles. The number of rotatable bonds is 3. The van der Waals surface area contributed by atoms with Gasteiger partial charge in [0.05, 0.1) is 12.0 Å². The lowest BCUT2D eigenvalue weighted by Gasteiger charge is -2.33. The molecular formula is C19H19N3O2. The molecule has 2 N–H and O–H groups in total. The van der Waals surface area contributed by atoms with Crippen LogP contribution in [0.25, 0.3) is 11.1 Å². The van der Waals surface area contributed by atoms with Gasteiger partial charge in [0.2, 0.25) is 5.91 Å². The summed E-state index contributed by atoms with van der Waals surface area (Å²) in [6.07, 6.45) is 1.09. The largest absolute Gasteiger partial charge is 0.369 e. The van der Waals surface area contributed by atoms with Gasteiger partial charge in [-0.05, 0) is 35.7 Å². The van der Waals surface area contributed by atoms with Crippen molar-refractivity contribution >= 4 is 18.2 Å². The summed E-state index contributed by atoms with van der Waals surface area (Å²) >= 11 is 0. The highest BCUT2D eigenvalue weighted by Gasteiger charge is 2.36. The molecule has 5 heteroatoms. The molecule has 1 aliphatic rings. The van der Waals surface area contributed by atoms with Crippen LogP contribution in [0.15, 0.2) is 53.5 Å². The molecule has 0 saturated carbocycles. The molecule has 1 amide bonds. The van der Waals surface area contributed by atoms with Gasteiger partial charge >= 0.3 is 0 Å². The molecule has 0 unspecified atom stereocenters. The van der Waals surface area contributed by atoms with Crippen LogP contribution in [0.4, 0.5) is 0 Å². The third-order valence-electron chi connectivity index (χ3n) is 4.42. The Bertz CT molecular complexity index is 844. The molecule has 1 atom stereocenters. The second-order valence-electron chi connectivity index (χ2n) is 6.20. The highest BCUT2D eigenvalue weighted by molar-refractivity contribution is 5.98. The summed E-state index contributed by atoms with van der Waals surface area (Å²) in [6.45, 7) is 1.91. The lowest BCUT2D eigenvalue weighted by molar-refractivity contribution is -0.128. The van der Waals surface area contributed by atoms with E-state index in [-0.39, 0.29) is 18.3 Å². The predicted octanol–water partition coefficient (Wildman–Crippen LogP) is 2.56. The Balaban J connectivity index is 2.05. The summed E-state index contributed by atoms with van der Waals surface area (Å²) in [5, 5.41) is 0. The van der Waals surface area contributed by atoms with Gasteiger partial charge in [-0.3, -0.25) is 14.5 Å². The first kappa shape index (κ1) is 15.9. The van der Waals surface area contributed by atoms with Gasteiger partial charge in [-0.1, -0.05) is 36.4 Å². The number of carbonyl (C=O) groups is 2. The number of nitrogens with zero attached hydrogens (tertiary/aromatic N) is 2. The van der Waals surface area contributed by atoms with Crippen molar-refractivity contribution in [2.45, 2.75) is 18.9 Å². The molecule has 24 heavy (non-hydrogen) atoms. The minimum Gasteiger partial charge on any atom is -0.369 e. The van der Waals surface area contributed by atoms with Crippen LogP contribution in [0.3, 0.4) is 0 Å². The standard InChI is InChI=1S/C19H19N3O2/c1-19(11-17(24)22(2)18(20)21-19)16-8-4-7-15(10-16)14-6-3-5-13(9-14)12-23/h3-10,12H,11H2,1-2H3,(H2,20,21)/t19-/m0/s1. The van der Waals surface area contributed by atoms with E-state index in [1.807, 2.05) is 49.4 Å². The molecule has 0 aromatic heterocycles. The van der Waals surface area contributed by atoms with E-state index in [2.05, 4.69) is 4.99 Å². The molecule has 2 aromatic rings. The minimum atomic E-state index is -0.689. The van der Waals surface area contributed by atoms with Crippen molar-refractivity contribution in [3.63, 3.8) is 0 Å². The van der Waals surface area contributed by atoms with E-state index in [1.165, 1.54) is 4.90 Å². The first-order valence-corrected chi connectivity index (χ1v) is 7.71. The van der Waals surface area contributed by atoms with Gasteiger partial charge in [0.1, 0.15) is 6.29 Å². The first-order chi connectivity index (χ1) is 11.4. The Morgan fingerprint density at radius 2 is 1.83 bits per heavy atom. The van der Waals surface area contributed by atoms with Gasteiger partial charge in [0.25, 0.3) is 0 Å². The van der Waals surface area contributed by atoms with Gasteiger partial charge < -0.3 is 5.73 Å². The third-order valence-corrected chi connectivity index (χ3v) is 4.42. The Morgan fingerprint density at radius 1 is 1.17 bits per heavy atom. The number of aldehydes is 1. The van der Waals surface area contributed by atoms with E-state index in [9.17, 15) is 9.59 Å². The van der Waals surface area contributed by atoms with Gasteiger partial charge in [-0.2, -0.15) is 0 Å². The van der Waals surface area contributed by atoms with Crippen molar-refractivity contribution in [1.82, 2.24) is 4.90 Å². The monoisotopic (exact) mass is 321 g/mol. The number of nitrogens with two attached hydrogens (primary N) is 1. The van der Waals surface area contributed by atoms with Gasteiger partial charge in [0, 0.05) is 12.6 Å². The molecule has 0 aliphatic carbocycles. The normalized spacial score (nSPS) is 20.7. The Hall–Kier alpha value is -2.95. The van der Waals surface area contributed by atoms with Crippen molar-refractivity contribution in [2.75, 3.05) is 7.05 Å². The lowest BCUT2D eigenvalue weighted by Crippen LogP contribution is -2.47. The molecular weight excluding hydrogens is 302 g/mol. The number of carbonyl (C=O) groups excluding carboxylic acids is 2. The second kappa shape index (κ2) is 5.92. The molecule has 0 fully saturated rings. The fraction of sp³-hybridized carbons (Fsp3) is 0.211. The van der Waals surface area contributed by atoms with Crippen molar-refractivity contribution in [3.05, 3.63) is 59.7 Å². The molecule has 1 aliphatic heterocycles. The van der Waals surface area contributed by atoms with Gasteiger partial charge in [-0.25, -0.2) is 4.99 Å². The van der Waals surface area contributed by atoms with Crippen LogP contribution in [-0.2, 0) is 10.3 Å². The lowest BCUT2D eigenvalue weighted by atomic mass is 9.86. The summed E-state index contributed by atoms with van der Waals surface area (Å²) < 4.78 is 0. The summed E-state index contributed by atoms with van der Waals surface area (Å²) in [7, 11) is 1.63. The summed E-state index contributed by atoms with van der Waals surface area (Å²) in [5.74, 6) is 0.167. The maximum absolute atomic E-state index is 12.2. The maximum atomic E-state index is 12.2. The van der Waals surface area contributed by atoms with Gasteiger partial charge in [-0.15, -0.1) is 0 Å². The van der Waals surface area contributed by atoms with E-state index >= 15 is 0 Å². The number of aliphatic imine (C=N–C) groups is 1. The molecule has 2 aromatic carbocycles. The number of guanidine groups is 1. The van der Waals surface area contributed by atoms with Crippen molar-refractivity contribution in [1.29, 1.82) is 0 Å². The van der Waals surface area contributed by atoms with Crippen LogP contribution in [0.2, 0.25) is 0 Å². The van der Waals surface area contributed by atoms with E-state index in [0.717, 1.165) is 23.0 Å². The molecule has 0 spiro atoms. The highest BCUT2D eigenvalue weighted by Crippen LogP contribution is 2.34. The number of benzene rings is 2. The van der Waals surface area contributed by atoms with Gasteiger partial charge in [0.15, 0.2) is 5.96 Å². The topological polar surface area (TPSA) is 75.8 Å². The quantitative estimate of drug-likeness (QED) is 0.883. The zero-order chi connectivity index (χ0) is 17.3. The van der Waals surface area contributed by atoms with Crippen LogP contribution in [0.5, 0.6) is 0 Å². The van der Waals surface area contributed by atoms with Crippen LogP contribution < -0.4 is 5.73 Å². The van der Waals surface area contributed by atoms with Crippen molar-refractivity contribution in [2.24, 2.45) is 10.7 Å². The molecule has 0 radical (unpaired) electrons. The third kappa shape index (κ3) is 2.80. The molecule has 0 bridgehead atoms. The molecule has 122 valence electrons. The zero-order valence-electron chi connectivity index (χ0n) is 13.7. The SMILES string of the molecule is CN1C(=O)C[C@@](C)(c2cccc(-c3cccc(C=O)c3)c2)N=C1N. The average Bonchev–Trinajstić information content (AvgIpc) is 2.60. The van der Waals surface area contributed by atoms with Crippen molar-refractivity contribution < 1.29 is 9.59 Å². The minimum absolute atomic E-state index is 0.0571. The Labute approximate surface area is 140 Å². The summed E-state index contributed by atoms with van der Waals surface area (Å²) in [5.41, 5.74) is 8.66. The summed E-state index contributed by atoms with van der Waals surface area (Å²) in [4.78, 5) is 29.0. The number of hydrogen-bond donors (Lipinski definition) is 1. The second-order valence-corrected chi connectivity index (χ2v) is 6.20. The van der Waals surface area contributed by atoms with Crippen LogP contribution >= 0.6 is 0 Å². The predicted molar refractivity (Wildman–Crippen MR) is 93.6 cm³/mol. The van der Waals surface area contributed by atoms with Crippen molar-refractivity contribution in [3.8, 4) is 11.1 Å². The smallest absolute Gasteiger partial charge is 0.231 e. The van der Waals surface area contributed by atoms with Crippen LogP contribution in [-0.4, -0.2) is 30.1 Å². The molecule has 5 nitrogen and oxygen atoms in total. The first-order valence-electron chi connectivity index (χ1n) is 7.71. The number of hydrogen-bond acceptors (Lipinski definition) is 4. The number of amides is 1. The highest BCUT2D eigenvalue weighted by atomic mass is 16.2. The fourth-order valence-electron chi connectivity index (χ4n) is 2.90. The fourth-order valence-corrected chi connectivity index (χ4v) is 2.90. The van der Waals surface area contributed by atoms with E-state index in [0.29, 0.717) is 5.56 Å². The Kier molecular flexibility index (Phi) is 3.93. The summed E-state index contributed by atoms with van der Waals surface area (Å²) in [6, 6.07) is 15.3. The van der Waals surface area contributed by atoms with E-state index in [1.54, 1.807) is 13.1 Å².